The third kappa shape index (κ3) is 4.91. The number of piperidine rings is 1. The molecule has 2 rings (SSSR count). The van der Waals surface area contributed by atoms with Gasteiger partial charge in [-0.05, 0) is 37.3 Å². The molecule has 0 unspecified atom stereocenters. The van der Waals surface area contributed by atoms with Crippen LogP contribution in [0.5, 0.6) is 0 Å². The molecule has 1 aromatic rings. The second-order valence-electron chi connectivity index (χ2n) is 7.29. The first-order valence-electron chi connectivity index (χ1n) is 7.82. The molecule has 1 aliphatic rings. The van der Waals surface area contributed by atoms with Gasteiger partial charge in [-0.15, -0.1) is 0 Å². The summed E-state index contributed by atoms with van der Waals surface area (Å²) in [6, 6.07) is 2.09. The summed E-state index contributed by atoms with van der Waals surface area (Å²) in [6.45, 7) is 14.1. The predicted molar refractivity (Wildman–Crippen MR) is 81.3 cm³/mol. The van der Waals surface area contributed by atoms with Crippen LogP contribution in [0.25, 0.3) is 0 Å². The number of likely N-dealkylation sites (tertiary alicyclic amines) is 1. The minimum absolute atomic E-state index is 0.430. The molecule has 1 N–H and O–H groups in total. The smallest absolute Gasteiger partial charge is 0.151 e. The molecule has 0 spiro atoms. The van der Waals surface area contributed by atoms with E-state index in [0.29, 0.717) is 11.3 Å². The molecule has 1 aromatic heterocycles. The van der Waals surface area contributed by atoms with Gasteiger partial charge in [-0.2, -0.15) is 0 Å². The van der Waals surface area contributed by atoms with Crippen LogP contribution in [-0.2, 0) is 13.1 Å². The zero-order valence-corrected chi connectivity index (χ0v) is 13.4. The summed E-state index contributed by atoms with van der Waals surface area (Å²) in [7, 11) is 0. The van der Waals surface area contributed by atoms with Crippen LogP contribution in [0.4, 0.5) is 0 Å². The first-order valence-corrected chi connectivity index (χ1v) is 7.82. The largest absolute Gasteiger partial charge is 0.360 e. The van der Waals surface area contributed by atoms with Crippen molar-refractivity contribution in [3.8, 4) is 0 Å². The lowest BCUT2D eigenvalue weighted by molar-refractivity contribution is 0.102. The maximum Gasteiger partial charge on any atom is 0.151 e. The molecule has 0 aromatic carbocycles. The lowest BCUT2D eigenvalue weighted by Gasteiger charge is -2.37. The molecule has 0 amide bonds. The number of aromatic nitrogens is 1. The van der Waals surface area contributed by atoms with E-state index in [1.807, 2.05) is 0 Å². The minimum Gasteiger partial charge on any atom is -0.360 e. The highest BCUT2D eigenvalue weighted by atomic mass is 16.5. The van der Waals surface area contributed by atoms with Crippen molar-refractivity contribution in [3.05, 3.63) is 17.5 Å². The van der Waals surface area contributed by atoms with Crippen molar-refractivity contribution in [2.24, 2.45) is 11.3 Å². The van der Waals surface area contributed by atoms with Gasteiger partial charge in [-0.25, -0.2) is 0 Å². The Balaban J connectivity index is 1.80. The van der Waals surface area contributed by atoms with Gasteiger partial charge in [-0.1, -0.05) is 32.9 Å². The van der Waals surface area contributed by atoms with E-state index in [1.54, 1.807) is 0 Å². The predicted octanol–water partition coefficient (Wildman–Crippen LogP) is 3.04. The normalized spacial score (nSPS) is 19.6. The topological polar surface area (TPSA) is 41.3 Å². The van der Waals surface area contributed by atoms with Crippen molar-refractivity contribution in [1.29, 1.82) is 0 Å². The first-order chi connectivity index (χ1) is 9.44. The van der Waals surface area contributed by atoms with Crippen LogP contribution >= 0.6 is 0 Å². The third-order valence-corrected chi connectivity index (χ3v) is 3.83. The Hall–Kier alpha value is -0.870. The second-order valence-corrected chi connectivity index (χ2v) is 7.29. The number of hydrogen-bond acceptors (Lipinski definition) is 4. The molecule has 1 saturated heterocycles. The van der Waals surface area contributed by atoms with Crippen LogP contribution in [-0.4, -0.2) is 29.7 Å². The van der Waals surface area contributed by atoms with Gasteiger partial charge in [0.15, 0.2) is 5.76 Å². The van der Waals surface area contributed by atoms with Gasteiger partial charge in [-0.3, -0.25) is 4.90 Å². The Kier molecular flexibility index (Phi) is 5.22. The van der Waals surface area contributed by atoms with Crippen LogP contribution in [0, 0.1) is 11.3 Å². The van der Waals surface area contributed by atoms with E-state index < -0.39 is 0 Å². The maximum absolute atomic E-state index is 5.46. The van der Waals surface area contributed by atoms with E-state index in [9.17, 15) is 0 Å². The van der Waals surface area contributed by atoms with Crippen LogP contribution < -0.4 is 5.32 Å². The summed E-state index contributed by atoms with van der Waals surface area (Å²) in [5, 5.41) is 7.55. The van der Waals surface area contributed by atoms with E-state index in [-0.39, 0.29) is 0 Å². The molecule has 0 atom stereocenters. The van der Waals surface area contributed by atoms with Gasteiger partial charge in [0, 0.05) is 19.2 Å². The molecule has 20 heavy (non-hydrogen) atoms. The highest BCUT2D eigenvalue weighted by Crippen LogP contribution is 2.29. The molecular weight excluding hydrogens is 250 g/mol. The van der Waals surface area contributed by atoms with E-state index in [2.05, 4.69) is 49.1 Å². The van der Waals surface area contributed by atoms with E-state index in [1.165, 1.54) is 19.4 Å². The molecule has 0 radical (unpaired) electrons. The number of nitrogens with one attached hydrogen (secondary N) is 1. The van der Waals surface area contributed by atoms with E-state index in [4.69, 9.17) is 4.52 Å². The van der Waals surface area contributed by atoms with Crippen molar-refractivity contribution in [3.63, 3.8) is 0 Å². The molecular formula is C16H29N3O. The SMILES string of the molecule is CC(C)CNCc1cc(CN2CCCC(C)(C)C2)on1. The zero-order valence-electron chi connectivity index (χ0n) is 13.4. The average Bonchev–Trinajstić information content (AvgIpc) is 2.75. The molecule has 1 aliphatic heterocycles. The van der Waals surface area contributed by atoms with Crippen LogP contribution in [0.1, 0.15) is 52.0 Å². The Morgan fingerprint density at radius 3 is 2.95 bits per heavy atom. The van der Waals surface area contributed by atoms with E-state index in [0.717, 1.165) is 37.6 Å². The monoisotopic (exact) mass is 279 g/mol. The average molecular weight is 279 g/mol. The Bertz CT molecular complexity index is 412. The summed E-state index contributed by atoms with van der Waals surface area (Å²) in [5.41, 5.74) is 1.44. The Morgan fingerprint density at radius 1 is 1.45 bits per heavy atom. The van der Waals surface area contributed by atoms with Gasteiger partial charge in [0.1, 0.15) is 0 Å². The summed E-state index contributed by atoms with van der Waals surface area (Å²) >= 11 is 0. The number of nitrogens with zero attached hydrogens (tertiary/aromatic N) is 2. The molecule has 2 heterocycles. The summed E-state index contributed by atoms with van der Waals surface area (Å²) in [6.07, 6.45) is 2.61. The molecule has 4 nitrogen and oxygen atoms in total. The molecule has 0 saturated carbocycles. The van der Waals surface area contributed by atoms with Crippen molar-refractivity contribution in [2.75, 3.05) is 19.6 Å². The fraction of sp³-hybridized carbons (Fsp3) is 0.812. The van der Waals surface area contributed by atoms with Gasteiger partial charge in [0.2, 0.25) is 0 Å². The highest BCUT2D eigenvalue weighted by Gasteiger charge is 2.26. The quantitative estimate of drug-likeness (QED) is 0.869. The maximum atomic E-state index is 5.46. The Labute approximate surface area is 122 Å². The van der Waals surface area contributed by atoms with Crippen molar-refractivity contribution >= 4 is 0 Å². The van der Waals surface area contributed by atoms with Gasteiger partial charge >= 0.3 is 0 Å². The molecule has 0 aliphatic carbocycles. The molecule has 114 valence electrons. The minimum atomic E-state index is 0.430. The number of rotatable bonds is 6. The zero-order chi connectivity index (χ0) is 14.6. The summed E-state index contributed by atoms with van der Waals surface area (Å²) in [4.78, 5) is 2.48. The summed E-state index contributed by atoms with van der Waals surface area (Å²) in [5.74, 6) is 1.65. The third-order valence-electron chi connectivity index (χ3n) is 3.83. The highest BCUT2D eigenvalue weighted by molar-refractivity contribution is 5.05. The summed E-state index contributed by atoms with van der Waals surface area (Å²) < 4.78 is 5.46. The fourth-order valence-corrected chi connectivity index (χ4v) is 2.90. The Morgan fingerprint density at radius 2 is 2.25 bits per heavy atom. The van der Waals surface area contributed by atoms with Gasteiger partial charge < -0.3 is 9.84 Å². The first kappa shape index (κ1) is 15.5. The molecule has 0 bridgehead atoms. The van der Waals surface area contributed by atoms with Crippen LogP contribution in [0.15, 0.2) is 10.6 Å². The standard InChI is InChI=1S/C16H29N3O/c1-13(2)9-17-10-14-8-15(20-18-14)11-19-7-5-6-16(3,4)12-19/h8,13,17H,5-7,9-12H2,1-4H3. The van der Waals surface area contributed by atoms with Crippen molar-refractivity contribution < 1.29 is 4.52 Å². The van der Waals surface area contributed by atoms with Crippen molar-refractivity contribution in [1.82, 2.24) is 15.4 Å². The molecule has 4 heteroatoms. The lowest BCUT2D eigenvalue weighted by atomic mass is 9.84. The molecule has 1 fully saturated rings. The van der Waals surface area contributed by atoms with Crippen molar-refractivity contribution in [2.45, 2.75) is 53.6 Å². The number of hydrogen-bond donors (Lipinski definition) is 1. The fourth-order valence-electron chi connectivity index (χ4n) is 2.90. The van der Waals surface area contributed by atoms with Crippen LogP contribution in [0.2, 0.25) is 0 Å². The van der Waals surface area contributed by atoms with Crippen LogP contribution in [0.3, 0.4) is 0 Å². The second kappa shape index (κ2) is 6.72. The lowest BCUT2D eigenvalue weighted by Crippen LogP contribution is -2.39. The van der Waals surface area contributed by atoms with Gasteiger partial charge in [0.25, 0.3) is 0 Å². The van der Waals surface area contributed by atoms with Gasteiger partial charge in [0.05, 0.1) is 12.2 Å². The van der Waals surface area contributed by atoms with E-state index >= 15 is 0 Å².